The second kappa shape index (κ2) is 7.79. The summed E-state index contributed by atoms with van der Waals surface area (Å²) in [6.07, 6.45) is 0. The molecule has 3 nitrogen and oxygen atoms in total. The number of aromatic nitrogens is 1. The number of hydrogen-bond donors (Lipinski definition) is 1. The van der Waals surface area contributed by atoms with E-state index in [2.05, 4.69) is 73.5 Å². The molecule has 3 heteroatoms. The van der Waals surface area contributed by atoms with Gasteiger partial charge < -0.3 is 10.2 Å². The molecule has 1 heterocycles. The molecule has 0 amide bonds. The SMILES string of the molecule is CCNCc1cccc(CN(CC)c2cccc(C)c2)n1. The van der Waals surface area contributed by atoms with E-state index in [0.717, 1.165) is 37.6 Å². The second-order valence-electron chi connectivity index (χ2n) is 5.25. The predicted molar refractivity (Wildman–Crippen MR) is 89.5 cm³/mol. The van der Waals surface area contributed by atoms with Crippen LogP contribution in [0.3, 0.4) is 0 Å². The van der Waals surface area contributed by atoms with Gasteiger partial charge in [0.15, 0.2) is 0 Å². The summed E-state index contributed by atoms with van der Waals surface area (Å²) >= 11 is 0. The van der Waals surface area contributed by atoms with Crippen molar-refractivity contribution in [3.8, 4) is 0 Å². The van der Waals surface area contributed by atoms with Gasteiger partial charge in [0.2, 0.25) is 0 Å². The van der Waals surface area contributed by atoms with Crippen LogP contribution in [0.25, 0.3) is 0 Å². The lowest BCUT2D eigenvalue weighted by Gasteiger charge is -2.23. The first kappa shape index (κ1) is 15.5. The fourth-order valence-corrected chi connectivity index (χ4v) is 2.37. The van der Waals surface area contributed by atoms with Crippen molar-refractivity contribution in [1.29, 1.82) is 0 Å². The van der Waals surface area contributed by atoms with Crippen LogP contribution >= 0.6 is 0 Å². The topological polar surface area (TPSA) is 28.2 Å². The first-order chi connectivity index (χ1) is 10.2. The van der Waals surface area contributed by atoms with E-state index in [1.54, 1.807) is 0 Å². The Labute approximate surface area is 128 Å². The van der Waals surface area contributed by atoms with Crippen molar-refractivity contribution in [3.63, 3.8) is 0 Å². The van der Waals surface area contributed by atoms with E-state index < -0.39 is 0 Å². The van der Waals surface area contributed by atoms with Crippen molar-refractivity contribution >= 4 is 5.69 Å². The molecule has 2 aromatic rings. The first-order valence-electron chi connectivity index (χ1n) is 7.70. The highest BCUT2D eigenvalue weighted by Crippen LogP contribution is 2.18. The molecule has 0 atom stereocenters. The highest BCUT2D eigenvalue weighted by Gasteiger charge is 2.07. The van der Waals surface area contributed by atoms with E-state index in [-0.39, 0.29) is 0 Å². The van der Waals surface area contributed by atoms with Gasteiger partial charge >= 0.3 is 0 Å². The lowest BCUT2D eigenvalue weighted by atomic mass is 10.2. The predicted octanol–water partition coefficient (Wildman–Crippen LogP) is 3.53. The number of rotatable bonds is 7. The quantitative estimate of drug-likeness (QED) is 0.842. The molecular weight excluding hydrogens is 258 g/mol. The Bertz CT molecular complexity index is 566. The fourth-order valence-electron chi connectivity index (χ4n) is 2.37. The molecule has 0 unspecified atom stereocenters. The minimum absolute atomic E-state index is 0.834. The van der Waals surface area contributed by atoms with E-state index in [4.69, 9.17) is 4.98 Å². The fraction of sp³-hybridized carbons (Fsp3) is 0.389. The molecule has 0 aliphatic heterocycles. The molecule has 2 rings (SSSR count). The molecule has 0 aliphatic rings. The van der Waals surface area contributed by atoms with Gasteiger partial charge in [-0.2, -0.15) is 0 Å². The molecule has 0 radical (unpaired) electrons. The second-order valence-corrected chi connectivity index (χ2v) is 5.25. The van der Waals surface area contributed by atoms with Gasteiger partial charge in [0.1, 0.15) is 0 Å². The number of anilines is 1. The highest BCUT2D eigenvalue weighted by atomic mass is 15.1. The Kier molecular flexibility index (Phi) is 5.76. The molecule has 112 valence electrons. The Balaban J connectivity index is 2.11. The van der Waals surface area contributed by atoms with Gasteiger partial charge in [0.25, 0.3) is 0 Å². The molecule has 1 aromatic carbocycles. The summed E-state index contributed by atoms with van der Waals surface area (Å²) in [4.78, 5) is 7.10. The van der Waals surface area contributed by atoms with Crippen LogP contribution in [-0.2, 0) is 13.1 Å². The number of pyridine rings is 1. The van der Waals surface area contributed by atoms with E-state index in [9.17, 15) is 0 Å². The molecule has 0 spiro atoms. The average Bonchev–Trinajstić information content (AvgIpc) is 2.51. The van der Waals surface area contributed by atoms with Gasteiger partial charge in [0, 0.05) is 18.8 Å². The van der Waals surface area contributed by atoms with Crippen LogP contribution in [0.1, 0.15) is 30.8 Å². The van der Waals surface area contributed by atoms with Crippen LogP contribution in [-0.4, -0.2) is 18.1 Å². The minimum Gasteiger partial charge on any atom is -0.366 e. The summed E-state index contributed by atoms with van der Waals surface area (Å²) in [5.41, 5.74) is 4.78. The Morgan fingerprint density at radius 1 is 1.05 bits per heavy atom. The van der Waals surface area contributed by atoms with Crippen LogP contribution < -0.4 is 10.2 Å². The normalized spacial score (nSPS) is 10.6. The van der Waals surface area contributed by atoms with Crippen LogP contribution in [0, 0.1) is 6.92 Å². The van der Waals surface area contributed by atoms with Gasteiger partial charge in [-0.05, 0) is 50.2 Å². The summed E-state index contributed by atoms with van der Waals surface area (Å²) in [7, 11) is 0. The maximum absolute atomic E-state index is 4.74. The van der Waals surface area contributed by atoms with Crippen molar-refractivity contribution < 1.29 is 0 Å². The molecule has 1 N–H and O–H groups in total. The molecule has 0 fully saturated rings. The van der Waals surface area contributed by atoms with Gasteiger partial charge in [0.05, 0.1) is 17.9 Å². The monoisotopic (exact) mass is 283 g/mol. The minimum atomic E-state index is 0.834. The molecular formula is C18H25N3. The third-order valence-corrected chi connectivity index (χ3v) is 3.52. The summed E-state index contributed by atoms with van der Waals surface area (Å²) in [5, 5.41) is 3.32. The van der Waals surface area contributed by atoms with E-state index >= 15 is 0 Å². The summed E-state index contributed by atoms with van der Waals surface area (Å²) in [5.74, 6) is 0. The van der Waals surface area contributed by atoms with Crippen LogP contribution in [0.15, 0.2) is 42.5 Å². The summed E-state index contributed by atoms with van der Waals surface area (Å²) in [6, 6.07) is 14.9. The smallest absolute Gasteiger partial charge is 0.0602 e. The number of hydrogen-bond acceptors (Lipinski definition) is 3. The average molecular weight is 283 g/mol. The first-order valence-corrected chi connectivity index (χ1v) is 7.70. The third kappa shape index (κ3) is 4.57. The summed E-state index contributed by atoms with van der Waals surface area (Å²) < 4.78 is 0. The zero-order chi connectivity index (χ0) is 15.1. The molecule has 0 bridgehead atoms. The molecule has 1 aromatic heterocycles. The Morgan fingerprint density at radius 3 is 2.52 bits per heavy atom. The highest BCUT2D eigenvalue weighted by molar-refractivity contribution is 5.48. The van der Waals surface area contributed by atoms with Gasteiger partial charge in [-0.25, -0.2) is 0 Å². The Morgan fingerprint density at radius 2 is 1.81 bits per heavy atom. The largest absolute Gasteiger partial charge is 0.366 e. The van der Waals surface area contributed by atoms with E-state index in [1.807, 2.05) is 0 Å². The van der Waals surface area contributed by atoms with Crippen molar-refractivity contribution in [2.45, 2.75) is 33.9 Å². The van der Waals surface area contributed by atoms with Gasteiger partial charge in [-0.15, -0.1) is 0 Å². The van der Waals surface area contributed by atoms with Crippen LogP contribution in [0.4, 0.5) is 5.69 Å². The lowest BCUT2D eigenvalue weighted by molar-refractivity contribution is 0.702. The number of benzene rings is 1. The molecule has 0 saturated carbocycles. The maximum atomic E-state index is 4.74. The van der Waals surface area contributed by atoms with Gasteiger partial charge in [-0.3, -0.25) is 4.98 Å². The van der Waals surface area contributed by atoms with Crippen molar-refractivity contribution in [2.24, 2.45) is 0 Å². The standard InChI is InChI=1S/C18H25N3/c1-4-19-13-16-9-7-10-17(20-16)14-21(5-2)18-11-6-8-15(3)12-18/h6-12,19H,4-5,13-14H2,1-3H3. The third-order valence-electron chi connectivity index (χ3n) is 3.52. The van der Waals surface area contributed by atoms with E-state index in [1.165, 1.54) is 11.3 Å². The van der Waals surface area contributed by atoms with Crippen LogP contribution in [0.2, 0.25) is 0 Å². The summed E-state index contributed by atoms with van der Waals surface area (Å²) in [6.45, 7) is 10.1. The number of aryl methyl sites for hydroxylation is 1. The molecule has 0 aliphatic carbocycles. The molecule has 21 heavy (non-hydrogen) atoms. The van der Waals surface area contributed by atoms with Crippen LogP contribution in [0.5, 0.6) is 0 Å². The Hall–Kier alpha value is -1.87. The molecule has 0 saturated heterocycles. The van der Waals surface area contributed by atoms with Gasteiger partial charge in [-0.1, -0.05) is 25.1 Å². The number of nitrogens with one attached hydrogen (secondary N) is 1. The van der Waals surface area contributed by atoms with Crippen molar-refractivity contribution in [2.75, 3.05) is 18.0 Å². The zero-order valence-corrected chi connectivity index (χ0v) is 13.3. The zero-order valence-electron chi connectivity index (χ0n) is 13.3. The lowest BCUT2D eigenvalue weighted by Crippen LogP contribution is -2.23. The maximum Gasteiger partial charge on any atom is 0.0602 e. The number of nitrogens with zero attached hydrogens (tertiary/aromatic N) is 2. The van der Waals surface area contributed by atoms with E-state index in [0.29, 0.717) is 0 Å². The van der Waals surface area contributed by atoms with Crippen molar-refractivity contribution in [3.05, 3.63) is 59.4 Å². The van der Waals surface area contributed by atoms with Crippen molar-refractivity contribution in [1.82, 2.24) is 10.3 Å².